The van der Waals surface area contributed by atoms with E-state index in [4.69, 9.17) is 5.73 Å². The molecule has 1 rings (SSSR count). The van der Waals surface area contributed by atoms with E-state index in [9.17, 15) is 0 Å². The summed E-state index contributed by atoms with van der Waals surface area (Å²) in [4.78, 5) is 6.75. The topological polar surface area (TPSA) is 47.1 Å². The lowest BCUT2D eigenvalue weighted by Gasteiger charge is -2.23. The number of nitrogens with zero attached hydrogens (tertiary/aromatic N) is 3. The summed E-state index contributed by atoms with van der Waals surface area (Å²) >= 11 is 0. The van der Waals surface area contributed by atoms with Crippen LogP contribution in [0.5, 0.6) is 0 Å². The van der Waals surface area contributed by atoms with Gasteiger partial charge in [-0.2, -0.15) is 0 Å². The predicted octanol–water partition coefficient (Wildman–Crippen LogP) is 1.07. The van der Waals surface area contributed by atoms with Crippen molar-refractivity contribution in [3.05, 3.63) is 18.2 Å². The number of hydrogen-bond acceptors (Lipinski definition) is 3. The van der Waals surface area contributed by atoms with E-state index in [-0.39, 0.29) is 0 Å². The fourth-order valence-electron chi connectivity index (χ4n) is 1.63. The van der Waals surface area contributed by atoms with E-state index in [2.05, 4.69) is 36.9 Å². The molecular weight excluding hydrogens is 188 g/mol. The first-order chi connectivity index (χ1) is 7.17. The summed E-state index contributed by atoms with van der Waals surface area (Å²) in [6, 6.07) is 0.564. The Kier molecular flexibility index (Phi) is 4.78. The molecule has 0 aromatic carbocycles. The normalized spacial score (nSPS) is 11.6. The molecule has 0 aliphatic heterocycles. The molecule has 0 bridgehead atoms. The largest absolute Gasteiger partial charge is 0.336 e. The molecule has 15 heavy (non-hydrogen) atoms. The lowest BCUT2D eigenvalue weighted by atomic mass is 10.3. The van der Waals surface area contributed by atoms with Crippen LogP contribution >= 0.6 is 0 Å². The van der Waals surface area contributed by atoms with E-state index in [0.29, 0.717) is 12.6 Å². The smallest absolute Gasteiger partial charge is 0.0950 e. The Morgan fingerprint density at radius 2 is 2.27 bits per heavy atom. The zero-order valence-electron chi connectivity index (χ0n) is 9.98. The van der Waals surface area contributed by atoms with Gasteiger partial charge in [-0.3, -0.25) is 4.90 Å². The first kappa shape index (κ1) is 12.2. The van der Waals surface area contributed by atoms with Gasteiger partial charge in [0.05, 0.1) is 12.0 Å². The molecule has 4 nitrogen and oxygen atoms in total. The van der Waals surface area contributed by atoms with Gasteiger partial charge in [0.15, 0.2) is 0 Å². The highest BCUT2D eigenvalue weighted by atomic mass is 15.2. The molecule has 86 valence electrons. The van der Waals surface area contributed by atoms with Crippen molar-refractivity contribution in [2.45, 2.75) is 39.9 Å². The van der Waals surface area contributed by atoms with Gasteiger partial charge in [-0.05, 0) is 20.4 Å². The number of rotatable bonds is 6. The zero-order chi connectivity index (χ0) is 11.3. The molecule has 0 amide bonds. The maximum atomic E-state index is 5.49. The summed E-state index contributed by atoms with van der Waals surface area (Å²) in [6.07, 6.45) is 3.94. The Morgan fingerprint density at radius 1 is 1.53 bits per heavy atom. The third kappa shape index (κ3) is 3.64. The second kappa shape index (κ2) is 5.88. The van der Waals surface area contributed by atoms with Crippen molar-refractivity contribution < 1.29 is 0 Å². The number of aromatic nitrogens is 2. The number of imidazole rings is 1. The molecule has 0 saturated carbocycles. The third-order valence-electron chi connectivity index (χ3n) is 2.58. The highest BCUT2D eigenvalue weighted by Gasteiger charge is 2.09. The van der Waals surface area contributed by atoms with Gasteiger partial charge in [0.25, 0.3) is 0 Å². The molecular formula is C11H22N4. The SMILES string of the molecule is CCN(Cc1cn(CCN)cn1)C(C)C. The summed E-state index contributed by atoms with van der Waals surface area (Å²) in [6.45, 7) is 10.1. The molecule has 0 aliphatic rings. The maximum absolute atomic E-state index is 5.49. The van der Waals surface area contributed by atoms with Gasteiger partial charge >= 0.3 is 0 Å². The van der Waals surface area contributed by atoms with Gasteiger partial charge in [-0.25, -0.2) is 4.98 Å². The van der Waals surface area contributed by atoms with E-state index >= 15 is 0 Å². The highest BCUT2D eigenvalue weighted by Crippen LogP contribution is 2.05. The van der Waals surface area contributed by atoms with Gasteiger partial charge in [0.1, 0.15) is 0 Å². The summed E-state index contributed by atoms with van der Waals surface area (Å²) in [5.41, 5.74) is 6.61. The van der Waals surface area contributed by atoms with Gasteiger partial charge in [0, 0.05) is 31.9 Å². The van der Waals surface area contributed by atoms with E-state index in [1.807, 2.05) is 10.9 Å². The number of nitrogens with two attached hydrogens (primary N) is 1. The van der Waals surface area contributed by atoms with E-state index in [1.165, 1.54) is 0 Å². The second-order valence-corrected chi connectivity index (χ2v) is 4.05. The van der Waals surface area contributed by atoms with Crippen molar-refractivity contribution in [3.8, 4) is 0 Å². The maximum Gasteiger partial charge on any atom is 0.0950 e. The van der Waals surface area contributed by atoms with E-state index in [0.717, 1.165) is 25.3 Å². The molecule has 0 saturated heterocycles. The van der Waals surface area contributed by atoms with Crippen LogP contribution in [-0.4, -0.2) is 33.6 Å². The molecule has 1 aromatic rings. The lowest BCUT2D eigenvalue weighted by molar-refractivity contribution is 0.222. The fraction of sp³-hybridized carbons (Fsp3) is 0.727. The fourth-order valence-corrected chi connectivity index (χ4v) is 1.63. The van der Waals surface area contributed by atoms with Crippen LogP contribution in [0.25, 0.3) is 0 Å². The molecule has 0 unspecified atom stereocenters. The van der Waals surface area contributed by atoms with Crippen molar-refractivity contribution in [1.29, 1.82) is 0 Å². The quantitative estimate of drug-likeness (QED) is 0.764. The summed E-state index contributed by atoms with van der Waals surface area (Å²) < 4.78 is 2.05. The number of hydrogen-bond donors (Lipinski definition) is 1. The van der Waals surface area contributed by atoms with Crippen LogP contribution in [-0.2, 0) is 13.1 Å². The molecule has 4 heteroatoms. The summed E-state index contributed by atoms with van der Waals surface area (Å²) in [7, 11) is 0. The van der Waals surface area contributed by atoms with E-state index in [1.54, 1.807) is 0 Å². The van der Waals surface area contributed by atoms with Gasteiger partial charge in [0.2, 0.25) is 0 Å². The Labute approximate surface area is 92.1 Å². The van der Waals surface area contributed by atoms with Crippen LogP contribution < -0.4 is 5.73 Å². The molecule has 1 aromatic heterocycles. The van der Waals surface area contributed by atoms with Crippen LogP contribution in [0.4, 0.5) is 0 Å². The van der Waals surface area contributed by atoms with Crippen LogP contribution in [0.2, 0.25) is 0 Å². The second-order valence-electron chi connectivity index (χ2n) is 4.05. The predicted molar refractivity (Wildman–Crippen MR) is 62.5 cm³/mol. The summed E-state index contributed by atoms with van der Waals surface area (Å²) in [5, 5.41) is 0. The molecule has 0 aliphatic carbocycles. The third-order valence-corrected chi connectivity index (χ3v) is 2.58. The molecule has 1 heterocycles. The minimum absolute atomic E-state index is 0.564. The lowest BCUT2D eigenvalue weighted by Crippen LogP contribution is -2.30. The van der Waals surface area contributed by atoms with Crippen molar-refractivity contribution in [1.82, 2.24) is 14.5 Å². The van der Waals surface area contributed by atoms with Gasteiger partial charge in [-0.15, -0.1) is 0 Å². The Morgan fingerprint density at radius 3 is 2.80 bits per heavy atom. The highest BCUT2D eigenvalue weighted by molar-refractivity contribution is 4.96. The van der Waals surface area contributed by atoms with Crippen molar-refractivity contribution >= 4 is 0 Å². The Bertz CT molecular complexity index is 280. The molecule has 0 spiro atoms. The first-order valence-corrected chi connectivity index (χ1v) is 5.62. The van der Waals surface area contributed by atoms with Crippen LogP contribution in [0, 0.1) is 0 Å². The zero-order valence-corrected chi connectivity index (χ0v) is 9.98. The molecule has 2 N–H and O–H groups in total. The summed E-state index contributed by atoms with van der Waals surface area (Å²) in [5.74, 6) is 0. The monoisotopic (exact) mass is 210 g/mol. The van der Waals surface area contributed by atoms with Crippen LogP contribution in [0.1, 0.15) is 26.5 Å². The van der Waals surface area contributed by atoms with Gasteiger partial charge < -0.3 is 10.3 Å². The van der Waals surface area contributed by atoms with Crippen LogP contribution in [0.15, 0.2) is 12.5 Å². The van der Waals surface area contributed by atoms with Gasteiger partial charge in [-0.1, -0.05) is 6.92 Å². The molecule has 0 atom stereocenters. The van der Waals surface area contributed by atoms with Crippen molar-refractivity contribution in [3.63, 3.8) is 0 Å². The minimum atomic E-state index is 0.564. The molecule has 0 fully saturated rings. The van der Waals surface area contributed by atoms with Crippen molar-refractivity contribution in [2.24, 2.45) is 5.73 Å². The van der Waals surface area contributed by atoms with Crippen LogP contribution in [0.3, 0.4) is 0 Å². The molecule has 0 radical (unpaired) electrons. The standard InChI is InChI=1S/C11H22N4/c1-4-15(10(2)3)8-11-7-14(6-5-12)9-13-11/h7,9-10H,4-6,8,12H2,1-3H3. The average Bonchev–Trinajstić information content (AvgIpc) is 2.62. The average molecular weight is 210 g/mol. The first-order valence-electron chi connectivity index (χ1n) is 5.62. The van der Waals surface area contributed by atoms with E-state index < -0.39 is 0 Å². The minimum Gasteiger partial charge on any atom is -0.336 e. The van der Waals surface area contributed by atoms with Crippen molar-refractivity contribution in [2.75, 3.05) is 13.1 Å². The Hall–Kier alpha value is -0.870. The Balaban J connectivity index is 2.55.